The second kappa shape index (κ2) is 7.96. The smallest absolute Gasteiger partial charge is 0.222 e. The van der Waals surface area contributed by atoms with Crippen LogP contribution in [0.25, 0.3) is 0 Å². The predicted molar refractivity (Wildman–Crippen MR) is 90.1 cm³/mol. The molecule has 1 heterocycles. The zero-order chi connectivity index (χ0) is 17.5. The first-order chi connectivity index (χ1) is 11.5. The van der Waals surface area contributed by atoms with Gasteiger partial charge in [-0.05, 0) is 31.2 Å². The number of methoxy groups -OCH3 is 1. The molecular formula is C17H18N4O3. The summed E-state index contributed by atoms with van der Waals surface area (Å²) in [6, 6.07) is 10.5. The molecule has 1 aromatic carbocycles. The number of rotatable bonds is 6. The molecule has 7 heteroatoms. The number of anilines is 1. The maximum atomic E-state index is 11.4. The maximum absolute atomic E-state index is 11.4. The van der Waals surface area contributed by atoms with Crippen LogP contribution < -0.4 is 10.1 Å². The van der Waals surface area contributed by atoms with Crippen molar-refractivity contribution in [3.05, 3.63) is 42.1 Å². The fraction of sp³-hybridized carbons (Fsp3) is 0.235. The van der Waals surface area contributed by atoms with Crippen LogP contribution >= 0.6 is 0 Å². The van der Waals surface area contributed by atoms with Crippen molar-refractivity contribution >= 4 is 28.9 Å². The number of carbonyl (C=O) groups excluding carboxylic acids is 2. The van der Waals surface area contributed by atoms with Crippen molar-refractivity contribution in [3.63, 3.8) is 0 Å². The number of hydrogen-bond acceptors (Lipinski definition) is 6. The van der Waals surface area contributed by atoms with E-state index in [-0.39, 0.29) is 23.9 Å². The summed E-state index contributed by atoms with van der Waals surface area (Å²) in [5.74, 6) is 0.555. The van der Waals surface area contributed by atoms with Gasteiger partial charge in [0, 0.05) is 13.3 Å². The van der Waals surface area contributed by atoms with E-state index in [0.29, 0.717) is 22.8 Å². The Labute approximate surface area is 139 Å². The highest BCUT2D eigenvalue weighted by Crippen LogP contribution is 2.30. The third-order valence-electron chi connectivity index (χ3n) is 3.01. The van der Waals surface area contributed by atoms with Crippen molar-refractivity contribution in [1.29, 1.82) is 0 Å². The first-order valence-electron chi connectivity index (χ1n) is 7.31. The molecule has 0 saturated heterocycles. The van der Waals surface area contributed by atoms with Gasteiger partial charge in [0.25, 0.3) is 0 Å². The van der Waals surface area contributed by atoms with E-state index < -0.39 is 0 Å². The number of benzene rings is 1. The number of hydrogen-bond donors (Lipinski definition) is 1. The molecular weight excluding hydrogens is 308 g/mol. The predicted octanol–water partition coefficient (Wildman–Crippen LogP) is 3.60. The van der Waals surface area contributed by atoms with Crippen LogP contribution in [0.15, 0.2) is 46.6 Å². The summed E-state index contributed by atoms with van der Waals surface area (Å²) in [5.41, 5.74) is 1.51. The largest absolute Gasteiger partial charge is 0.494 e. The molecule has 0 saturated carbocycles. The van der Waals surface area contributed by atoms with Gasteiger partial charge in [0.2, 0.25) is 5.91 Å². The van der Waals surface area contributed by atoms with Crippen LogP contribution in [-0.2, 0) is 16.0 Å². The van der Waals surface area contributed by atoms with Crippen molar-refractivity contribution in [2.75, 3.05) is 12.4 Å². The van der Waals surface area contributed by atoms with Crippen LogP contribution in [0.3, 0.4) is 0 Å². The van der Waals surface area contributed by atoms with Gasteiger partial charge in [-0.2, -0.15) is 0 Å². The summed E-state index contributed by atoms with van der Waals surface area (Å²) >= 11 is 0. The lowest BCUT2D eigenvalue weighted by molar-refractivity contribution is -0.116. The molecule has 1 N–H and O–H groups in total. The minimum atomic E-state index is -0.281. The van der Waals surface area contributed by atoms with Gasteiger partial charge in [0.1, 0.15) is 22.9 Å². The van der Waals surface area contributed by atoms with Gasteiger partial charge in [0.15, 0.2) is 5.82 Å². The van der Waals surface area contributed by atoms with Gasteiger partial charge in [-0.25, -0.2) is 4.98 Å². The highest BCUT2D eigenvalue weighted by molar-refractivity contribution is 5.90. The number of para-hydroxylation sites is 1. The molecule has 0 unspecified atom stereocenters. The number of ether oxygens (including phenoxy) is 1. The number of nitrogens with zero attached hydrogens (tertiary/aromatic N) is 3. The van der Waals surface area contributed by atoms with E-state index in [2.05, 4.69) is 20.5 Å². The van der Waals surface area contributed by atoms with E-state index in [1.807, 2.05) is 12.1 Å². The number of ketones is 1. The number of pyridine rings is 1. The molecule has 0 aliphatic carbocycles. The number of azo groups is 1. The Balaban J connectivity index is 2.35. The molecule has 24 heavy (non-hydrogen) atoms. The van der Waals surface area contributed by atoms with Crippen molar-refractivity contribution in [2.24, 2.45) is 10.2 Å². The van der Waals surface area contributed by atoms with Gasteiger partial charge in [-0.15, -0.1) is 10.2 Å². The van der Waals surface area contributed by atoms with Gasteiger partial charge in [0.05, 0.1) is 12.8 Å². The van der Waals surface area contributed by atoms with Crippen molar-refractivity contribution in [2.45, 2.75) is 20.3 Å². The van der Waals surface area contributed by atoms with Crippen molar-refractivity contribution < 1.29 is 14.3 Å². The van der Waals surface area contributed by atoms with Crippen LogP contribution in [0.5, 0.6) is 5.75 Å². The fourth-order valence-corrected chi connectivity index (χ4v) is 2.01. The first-order valence-corrected chi connectivity index (χ1v) is 7.31. The Kier molecular flexibility index (Phi) is 5.73. The van der Waals surface area contributed by atoms with E-state index in [1.165, 1.54) is 13.8 Å². The molecule has 0 radical (unpaired) electrons. The highest BCUT2D eigenvalue weighted by atomic mass is 16.5. The zero-order valence-electron chi connectivity index (χ0n) is 13.7. The van der Waals surface area contributed by atoms with Gasteiger partial charge in [-0.1, -0.05) is 12.1 Å². The van der Waals surface area contributed by atoms with Crippen molar-refractivity contribution in [1.82, 2.24) is 4.98 Å². The third kappa shape index (κ3) is 4.70. The SMILES string of the molecule is COc1ccccc1/N=N/c1ccc(CC(C)=O)nc1NC(C)=O. The number of nitrogens with one attached hydrogen (secondary N) is 1. The van der Waals surface area contributed by atoms with Crippen LogP contribution in [0.4, 0.5) is 17.2 Å². The third-order valence-corrected chi connectivity index (χ3v) is 3.01. The molecule has 0 aliphatic rings. The van der Waals surface area contributed by atoms with Crippen LogP contribution in [0.1, 0.15) is 19.5 Å². The summed E-state index contributed by atoms with van der Waals surface area (Å²) in [5, 5.41) is 10.9. The van der Waals surface area contributed by atoms with Gasteiger partial charge in [-0.3, -0.25) is 9.59 Å². The molecule has 0 fully saturated rings. The van der Waals surface area contributed by atoms with E-state index in [1.54, 1.807) is 31.4 Å². The molecule has 124 valence electrons. The highest BCUT2D eigenvalue weighted by Gasteiger charge is 2.09. The monoisotopic (exact) mass is 326 g/mol. The lowest BCUT2D eigenvalue weighted by Gasteiger charge is -2.07. The lowest BCUT2D eigenvalue weighted by atomic mass is 10.2. The second-order valence-electron chi connectivity index (χ2n) is 5.10. The maximum Gasteiger partial charge on any atom is 0.222 e. The molecule has 2 aromatic rings. The second-order valence-corrected chi connectivity index (χ2v) is 5.10. The summed E-state index contributed by atoms with van der Waals surface area (Å²) in [6.45, 7) is 2.86. The van der Waals surface area contributed by atoms with Crippen molar-refractivity contribution in [3.8, 4) is 5.75 Å². The minimum Gasteiger partial charge on any atom is -0.494 e. The molecule has 0 spiro atoms. The number of Topliss-reactive ketones (excluding diaryl/α,β-unsaturated/α-hetero) is 1. The summed E-state index contributed by atoms with van der Waals surface area (Å²) in [4.78, 5) is 26.9. The average Bonchev–Trinajstić information content (AvgIpc) is 2.53. The topological polar surface area (TPSA) is 93.0 Å². The normalized spacial score (nSPS) is 10.6. The summed E-state index contributed by atoms with van der Waals surface area (Å²) < 4.78 is 5.21. The number of carbonyl (C=O) groups is 2. The Hall–Kier alpha value is -3.09. The summed E-state index contributed by atoms with van der Waals surface area (Å²) in [6.07, 6.45) is 0.191. The zero-order valence-corrected chi connectivity index (χ0v) is 13.7. The van der Waals surface area contributed by atoms with E-state index in [9.17, 15) is 9.59 Å². The molecule has 1 amide bonds. The average molecular weight is 326 g/mol. The van der Waals surface area contributed by atoms with Gasteiger partial charge >= 0.3 is 0 Å². The molecule has 7 nitrogen and oxygen atoms in total. The minimum absolute atomic E-state index is 0.0142. The van der Waals surface area contributed by atoms with Gasteiger partial charge < -0.3 is 10.1 Å². The molecule has 0 atom stereocenters. The van der Waals surface area contributed by atoms with E-state index in [4.69, 9.17) is 4.74 Å². The van der Waals surface area contributed by atoms with E-state index >= 15 is 0 Å². The van der Waals surface area contributed by atoms with Crippen LogP contribution in [0.2, 0.25) is 0 Å². The molecule has 0 bridgehead atoms. The quantitative estimate of drug-likeness (QED) is 0.821. The van der Waals surface area contributed by atoms with Crippen LogP contribution in [-0.4, -0.2) is 23.8 Å². The Bertz CT molecular complexity index is 787. The van der Waals surface area contributed by atoms with Crippen LogP contribution in [0, 0.1) is 0 Å². The Morgan fingerprint density at radius 1 is 1.08 bits per heavy atom. The summed E-state index contributed by atoms with van der Waals surface area (Å²) in [7, 11) is 1.55. The Morgan fingerprint density at radius 2 is 1.79 bits per heavy atom. The molecule has 2 rings (SSSR count). The Morgan fingerprint density at radius 3 is 2.46 bits per heavy atom. The standard InChI is InChI=1S/C17H18N4O3/c1-11(22)10-13-8-9-15(17(19-13)18-12(2)23)21-20-14-6-4-5-7-16(14)24-3/h4-9H,10H2,1-3H3,(H,18,19,23)/b21-20+. The number of amides is 1. The van der Waals surface area contributed by atoms with E-state index in [0.717, 1.165) is 0 Å². The fourth-order valence-electron chi connectivity index (χ4n) is 2.01. The first kappa shape index (κ1) is 17.3. The number of aromatic nitrogens is 1. The molecule has 0 aliphatic heterocycles. The lowest BCUT2D eigenvalue weighted by Crippen LogP contribution is -2.09. The molecule has 1 aromatic heterocycles.